The first-order valence-corrected chi connectivity index (χ1v) is 24.5. The fourth-order valence-electron chi connectivity index (χ4n) is 12.6. The smallest absolute Gasteiger partial charge is 0.0785 e. The highest BCUT2D eigenvalue weighted by atomic mass is 15.2. The van der Waals surface area contributed by atoms with Crippen molar-refractivity contribution in [2.24, 2.45) is 5.92 Å². The molecule has 0 radical (unpaired) electrons. The molecule has 5 heteroatoms. The molecule has 0 aliphatic heterocycles. The highest BCUT2D eigenvalue weighted by Gasteiger charge is 2.46. The van der Waals surface area contributed by atoms with Gasteiger partial charge in [-0.15, -0.1) is 0 Å². The molecule has 69 heavy (non-hydrogen) atoms. The Morgan fingerprint density at radius 3 is 1.38 bits per heavy atom. The van der Waals surface area contributed by atoms with Crippen molar-refractivity contribution in [3.05, 3.63) is 218 Å². The van der Waals surface area contributed by atoms with Gasteiger partial charge < -0.3 is 18.3 Å². The van der Waals surface area contributed by atoms with Crippen LogP contribution in [0.1, 0.15) is 52.6 Å². The van der Waals surface area contributed by atoms with E-state index >= 15 is 0 Å². The SMILES string of the molecule is CC[C@H](n1c2ccccc2c2ccc3c4ccccc4n(-c4ccccc4)c3c21)C(C)([C@H](C)/C(C)=C(\C)c1ccncc1)n1c2ccccc2c2ccc3c4ccccc4n(-c4ccccc4)c3c21. The molecule has 0 N–H and O–H groups in total. The molecule has 0 fully saturated rings. The molecular weight excluding hydrogens is 839 g/mol. The number of rotatable bonds is 9. The Hall–Kier alpha value is -8.15. The maximum atomic E-state index is 4.44. The summed E-state index contributed by atoms with van der Waals surface area (Å²) in [6, 6.07) is 71.9. The minimum Gasteiger partial charge on any atom is -0.333 e. The average molecular weight is 892 g/mol. The summed E-state index contributed by atoms with van der Waals surface area (Å²) in [7, 11) is 0. The van der Waals surface area contributed by atoms with Crippen molar-refractivity contribution in [2.75, 3.05) is 0 Å². The van der Waals surface area contributed by atoms with Crippen LogP contribution in [0.2, 0.25) is 0 Å². The zero-order valence-corrected chi connectivity index (χ0v) is 39.7. The number of pyridine rings is 1. The van der Waals surface area contributed by atoms with Gasteiger partial charge in [0.15, 0.2) is 0 Å². The maximum Gasteiger partial charge on any atom is 0.0785 e. The van der Waals surface area contributed by atoms with E-state index in [1.165, 1.54) is 104 Å². The highest BCUT2D eigenvalue weighted by Crippen LogP contribution is 2.53. The van der Waals surface area contributed by atoms with Crippen LogP contribution in [0, 0.1) is 5.92 Å². The van der Waals surface area contributed by atoms with Gasteiger partial charge in [-0.25, -0.2) is 0 Å². The predicted octanol–water partition coefficient (Wildman–Crippen LogP) is 17.0. The van der Waals surface area contributed by atoms with Crippen LogP contribution in [0.5, 0.6) is 0 Å². The van der Waals surface area contributed by atoms with Gasteiger partial charge in [-0.05, 0) is 99.0 Å². The first kappa shape index (κ1) is 41.1. The van der Waals surface area contributed by atoms with Crippen LogP contribution in [-0.2, 0) is 5.54 Å². The van der Waals surface area contributed by atoms with Crippen molar-refractivity contribution in [3.63, 3.8) is 0 Å². The van der Waals surface area contributed by atoms with Crippen LogP contribution in [-0.4, -0.2) is 23.3 Å². The van der Waals surface area contributed by atoms with E-state index in [1.54, 1.807) is 0 Å². The van der Waals surface area contributed by atoms with Gasteiger partial charge in [0.05, 0.1) is 44.7 Å². The van der Waals surface area contributed by atoms with E-state index in [4.69, 9.17) is 0 Å². The summed E-state index contributed by atoms with van der Waals surface area (Å²) < 4.78 is 10.6. The lowest BCUT2D eigenvalue weighted by atomic mass is 9.73. The van der Waals surface area contributed by atoms with Crippen molar-refractivity contribution in [1.82, 2.24) is 23.3 Å². The summed E-state index contributed by atoms with van der Waals surface area (Å²) in [6.45, 7) is 12.2. The van der Waals surface area contributed by atoms with Crippen LogP contribution in [0.15, 0.2) is 212 Å². The summed E-state index contributed by atoms with van der Waals surface area (Å²) in [5, 5.41) is 10.1. The van der Waals surface area contributed by atoms with Crippen LogP contribution in [0.25, 0.3) is 104 Å². The second-order valence-electron chi connectivity index (χ2n) is 19.2. The van der Waals surface area contributed by atoms with E-state index in [2.05, 4.69) is 252 Å². The van der Waals surface area contributed by atoms with E-state index in [1.807, 2.05) is 12.4 Å². The number of hydrogen-bond donors (Lipinski definition) is 0. The molecular formula is C64H53N5. The third-order valence-electron chi connectivity index (χ3n) is 16.1. The molecule has 5 heterocycles. The van der Waals surface area contributed by atoms with E-state index in [9.17, 15) is 0 Å². The molecule has 334 valence electrons. The summed E-state index contributed by atoms with van der Waals surface area (Å²) >= 11 is 0. The Morgan fingerprint density at radius 1 is 0.449 bits per heavy atom. The van der Waals surface area contributed by atoms with E-state index < -0.39 is 5.54 Å². The molecule has 5 aromatic heterocycles. The molecule has 3 atom stereocenters. The van der Waals surface area contributed by atoms with E-state index in [-0.39, 0.29) is 12.0 Å². The van der Waals surface area contributed by atoms with Crippen LogP contribution >= 0.6 is 0 Å². The van der Waals surface area contributed by atoms with E-state index in [0.717, 1.165) is 17.8 Å². The summed E-state index contributed by atoms with van der Waals surface area (Å²) in [4.78, 5) is 4.44. The largest absolute Gasteiger partial charge is 0.333 e. The molecule has 0 aliphatic rings. The molecule has 13 aromatic rings. The summed E-state index contributed by atoms with van der Waals surface area (Å²) in [6.07, 6.45) is 4.71. The number of fused-ring (bicyclic) bond motifs is 14. The molecule has 0 saturated heterocycles. The van der Waals surface area contributed by atoms with Crippen LogP contribution < -0.4 is 0 Å². The topological polar surface area (TPSA) is 32.6 Å². The van der Waals surface area contributed by atoms with Gasteiger partial charge in [0, 0.05) is 83.8 Å². The number of aromatic nitrogens is 5. The monoisotopic (exact) mass is 891 g/mol. The van der Waals surface area contributed by atoms with Crippen molar-refractivity contribution < 1.29 is 0 Å². The maximum absolute atomic E-state index is 4.44. The summed E-state index contributed by atoms with van der Waals surface area (Å²) in [5.74, 6) is 0.0230. The van der Waals surface area contributed by atoms with Gasteiger partial charge >= 0.3 is 0 Å². The van der Waals surface area contributed by atoms with Gasteiger partial charge in [0.25, 0.3) is 0 Å². The Kier molecular flexibility index (Phi) is 9.35. The van der Waals surface area contributed by atoms with Crippen molar-refractivity contribution in [3.8, 4) is 11.4 Å². The minimum atomic E-state index is -0.596. The molecule has 8 aromatic carbocycles. The molecule has 1 unspecified atom stereocenters. The zero-order chi connectivity index (χ0) is 46.5. The van der Waals surface area contributed by atoms with Gasteiger partial charge in [-0.1, -0.05) is 153 Å². The predicted molar refractivity (Wildman–Crippen MR) is 292 cm³/mol. The molecule has 5 nitrogen and oxygen atoms in total. The number of benzene rings is 8. The molecule has 0 amide bonds. The van der Waals surface area contributed by atoms with Gasteiger partial charge in [-0.3, -0.25) is 4.98 Å². The molecule has 0 saturated carbocycles. The van der Waals surface area contributed by atoms with Crippen molar-refractivity contribution >= 4 is 92.8 Å². The second kappa shape index (κ2) is 15.7. The number of allylic oxidation sites excluding steroid dienone is 2. The fourth-order valence-corrected chi connectivity index (χ4v) is 12.6. The lowest BCUT2D eigenvalue weighted by molar-refractivity contribution is 0.150. The third-order valence-corrected chi connectivity index (χ3v) is 16.1. The molecule has 0 aliphatic carbocycles. The number of hydrogen-bond acceptors (Lipinski definition) is 1. The quantitative estimate of drug-likeness (QED) is 0.142. The van der Waals surface area contributed by atoms with Gasteiger partial charge in [-0.2, -0.15) is 0 Å². The van der Waals surface area contributed by atoms with Crippen LogP contribution in [0.4, 0.5) is 0 Å². The number of nitrogens with zero attached hydrogens (tertiary/aromatic N) is 5. The van der Waals surface area contributed by atoms with Gasteiger partial charge in [0.2, 0.25) is 0 Å². The first-order chi connectivity index (χ1) is 33.9. The Bertz CT molecular complexity index is 4170. The van der Waals surface area contributed by atoms with Crippen molar-refractivity contribution in [2.45, 2.75) is 52.6 Å². The Balaban J connectivity index is 1.24. The average Bonchev–Trinajstić information content (AvgIpc) is 4.14. The first-order valence-electron chi connectivity index (χ1n) is 24.5. The lowest BCUT2D eigenvalue weighted by Gasteiger charge is -2.47. The van der Waals surface area contributed by atoms with Crippen LogP contribution in [0.3, 0.4) is 0 Å². The standard InChI is InChI=1S/C64H53N5/c1-6-59(68-57-31-19-15-27-49(57)52-34-33-51-47-25-13-17-29-55(47)66(60(51)61(52)68)45-21-9-7-10-22-45)64(5,43(4)41(2)42(3)44-37-39-65-40-38-44)69-58-32-20-16-28-50(58)54-36-35-53-48-26-14-18-30-56(48)67(62(53)63(54)69)46-23-11-8-12-24-46/h7-40,43,59H,6H2,1-5H3/b42-41+/t43-,59+,64?/m1/s1. The summed E-state index contributed by atoms with van der Waals surface area (Å²) in [5.41, 5.74) is 15.4. The Morgan fingerprint density at radius 2 is 0.855 bits per heavy atom. The van der Waals surface area contributed by atoms with Gasteiger partial charge in [0.1, 0.15) is 0 Å². The number of para-hydroxylation sites is 6. The Labute approximate surface area is 401 Å². The van der Waals surface area contributed by atoms with E-state index in [0.29, 0.717) is 0 Å². The molecule has 13 rings (SSSR count). The normalized spacial score (nSPS) is 14.4. The highest BCUT2D eigenvalue weighted by molar-refractivity contribution is 6.25. The molecule has 0 bridgehead atoms. The molecule has 0 spiro atoms. The second-order valence-corrected chi connectivity index (χ2v) is 19.2. The third kappa shape index (κ3) is 5.80. The lowest BCUT2D eigenvalue weighted by Crippen LogP contribution is -2.45. The zero-order valence-electron chi connectivity index (χ0n) is 39.7. The fraction of sp³-hybridized carbons (Fsp3) is 0.141. The minimum absolute atomic E-state index is 0.0230. The van der Waals surface area contributed by atoms with Crippen molar-refractivity contribution in [1.29, 1.82) is 0 Å².